The van der Waals surface area contributed by atoms with E-state index in [1.54, 1.807) is 27.7 Å². The first-order valence-electron chi connectivity index (χ1n) is 10.1. The van der Waals surface area contributed by atoms with E-state index in [1.807, 2.05) is 37.3 Å². The third-order valence-corrected chi connectivity index (χ3v) is 5.47. The van der Waals surface area contributed by atoms with E-state index in [9.17, 15) is 19.5 Å². The highest BCUT2D eigenvalue weighted by Crippen LogP contribution is 2.45. The van der Waals surface area contributed by atoms with Gasteiger partial charge in [-0.05, 0) is 59.1 Å². The standard InChI is InChI=1S/C23H34O7.9CH4/c1-7-22(4,20(27)30-14-13-29-17-11-9-8-10-12-17)16-23(5,19(26)28-6)15-21(2,3)18(24)25;;;;;;;;;/h8-12H,7,13-16H2,1-6H3,(H,24,25);9*1H4. The molecule has 0 spiro atoms. The first-order valence-corrected chi connectivity index (χ1v) is 10.1. The van der Waals surface area contributed by atoms with Gasteiger partial charge >= 0.3 is 17.9 Å². The zero-order valence-corrected chi connectivity index (χ0v) is 18.8. The summed E-state index contributed by atoms with van der Waals surface area (Å²) in [7, 11) is 1.26. The van der Waals surface area contributed by atoms with Crippen LogP contribution in [0.15, 0.2) is 30.3 Å². The van der Waals surface area contributed by atoms with Crippen LogP contribution in [0.3, 0.4) is 0 Å². The summed E-state index contributed by atoms with van der Waals surface area (Å²) in [5.74, 6) is -1.33. The number of carboxylic acids is 1. The highest BCUT2D eigenvalue weighted by atomic mass is 16.6. The second-order valence-corrected chi connectivity index (χ2v) is 8.81. The average Bonchev–Trinajstić information content (AvgIpc) is 2.70. The predicted molar refractivity (Wildman–Crippen MR) is 173 cm³/mol. The number of methoxy groups -OCH3 is 1. The molecule has 0 radical (unpaired) electrons. The lowest BCUT2D eigenvalue weighted by atomic mass is 9.65. The van der Waals surface area contributed by atoms with Crippen LogP contribution in [0, 0.1) is 16.2 Å². The number of carbonyl (C=O) groups excluding carboxylic acids is 2. The van der Waals surface area contributed by atoms with Crippen molar-refractivity contribution >= 4 is 17.9 Å². The SMILES string of the molecule is C.C.C.C.C.C.C.C.C.CCC(C)(CC(C)(CC(C)(C)C(=O)O)C(=O)OC)C(=O)OCCOc1ccccc1. The van der Waals surface area contributed by atoms with Crippen LogP contribution in [0.4, 0.5) is 0 Å². The van der Waals surface area contributed by atoms with Crippen LogP contribution in [-0.4, -0.2) is 43.3 Å². The maximum absolute atomic E-state index is 12.8. The van der Waals surface area contributed by atoms with Gasteiger partial charge in [0.2, 0.25) is 0 Å². The van der Waals surface area contributed by atoms with Crippen molar-refractivity contribution in [3.8, 4) is 5.75 Å². The second kappa shape index (κ2) is 25.7. The van der Waals surface area contributed by atoms with Crippen molar-refractivity contribution in [1.29, 1.82) is 0 Å². The fraction of sp³-hybridized carbons (Fsp3) is 0.719. The molecule has 2 atom stereocenters. The molecule has 0 saturated heterocycles. The predicted octanol–water partition coefficient (Wildman–Crippen LogP) is 9.82. The highest BCUT2D eigenvalue weighted by Gasteiger charge is 2.49. The smallest absolute Gasteiger partial charge is 0.311 e. The van der Waals surface area contributed by atoms with E-state index in [0.717, 1.165) is 0 Å². The molecular weight excluding hydrogens is 496 g/mol. The molecule has 0 aliphatic carbocycles. The summed E-state index contributed by atoms with van der Waals surface area (Å²) in [5, 5.41) is 9.50. The minimum absolute atomic E-state index is 0. The zero-order valence-electron chi connectivity index (χ0n) is 18.8. The number of benzene rings is 1. The lowest BCUT2D eigenvalue weighted by Gasteiger charge is -2.38. The summed E-state index contributed by atoms with van der Waals surface area (Å²) in [6.45, 7) is 8.58. The van der Waals surface area contributed by atoms with E-state index in [4.69, 9.17) is 14.2 Å². The highest BCUT2D eigenvalue weighted by molar-refractivity contribution is 5.82. The fourth-order valence-corrected chi connectivity index (χ4v) is 3.69. The molecule has 1 N–H and O–H groups in total. The molecule has 0 aliphatic heterocycles. The molecule has 0 bridgehead atoms. The number of hydrogen-bond acceptors (Lipinski definition) is 6. The number of carboxylic acid groups (broad SMARTS) is 1. The third kappa shape index (κ3) is 17.6. The van der Waals surface area contributed by atoms with Gasteiger partial charge in [-0.2, -0.15) is 0 Å². The number of carbonyl (C=O) groups is 3. The summed E-state index contributed by atoms with van der Waals surface area (Å²) in [6, 6.07) is 9.20. The fourth-order valence-electron chi connectivity index (χ4n) is 3.69. The van der Waals surface area contributed by atoms with Gasteiger partial charge in [-0.1, -0.05) is 92.0 Å². The Labute approximate surface area is 245 Å². The quantitative estimate of drug-likeness (QED) is 0.198. The first-order chi connectivity index (χ1) is 13.9. The van der Waals surface area contributed by atoms with Crippen LogP contribution in [0.25, 0.3) is 0 Å². The normalized spacial score (nSPS) is 11.8. The number of rotatable bonds is 12. The Kier molecular flexibility index (Phi) is 40.0. The second-order valence-electron chi connectivity index (χ2n) is 8.81. The van der Waals surface area contributed by atoms with Crippen molar-refractivity contribution in [2.75, 3.05) is 20.3 Å². The maximum atomic E-state index is 12.8. The lowest BCUT2D eigenvalue weighted by molar-refractivity contribution is -0.166. The van der Waals surface area contributed by atoms with E-state index < -0.39 is 34.2 Å². The summed E-state index contributed by atoms with van der Waals surface area (Å²) < 4.78 is 15.9. The van der Waals surface area contributed by atoms with Crippen molar-refractivity contribution in [2.24, 2.45) is 16.2 Å². The van der Waals surface area contributed by atoms with Crippen LogP contribution in [0.2, 0.25) is 0 Å². The van der Waals surface area contributed by atoms with Crippen LogP contribution in [0.1, 0.15) is 121 Å². The number of para-hydroxylation sites is 1. The number of esters is 2. The average molecular weight is 567 g/mol. The monoisotopic (exact) mass is 567 g/mol. The van der Waals surface area contributed by atoms with Crippen molar-refractivity contribution in [1.82, 2.24) is 0 Å². The van der Waals surface area contributed by atoms with Gasteiger partial charge < -0.3 is 19.3 Å². The molecule has 0 fully saturated rings. The van der Waals surface area contributed by atoms with Gasteiger partial charge in [-0.3, -0.25) is 14.4 Å². The van der Waals surface area contributed by atoms with E-state index in [0.29, 0.717) is 12.2 Å². The van der Waals surface area contributed by atoms with Crippen molar-refractivity contribution < 1.29 is 33.7 Å². The van der Waals surface area contributed by atoms with Gasteiger partial charge in [0.15, 0.2) is 0 Å². The Hall–Kier alpha value is -2.57. The molecule has 1 rings (SSSR count). The molecule has 0 amide bonds. The molecule has 7 nitrogen and oxygen atoms in total. The minimum atomic E-state index is -1.17. The molecular formula is C32H70O7. The Balaban J connectivity index is -0.000000143. The Morgan fingerprint density at radius 1 is 0.718 bits per heavy atom. The van der Waals surface area contributed by atoms with Gasteiger partial charge in [-0.15, -0.1) is 0 Å². The zero-order chi connectivity index (χ0) is 23.0. The Morgan fingerprint density at radius 3 is 1.56 bits per heavy atom. The van der Waals surface area contributed by atoms with Crippen molar-refractivity contribution in [3.63, 3.8) is 0 Å². The number of hydrogen-bond donors (Lipinski definition) is 1. The van der Waals surface area contributed by atoms with Gasteiger partial charge in [0.1, 0.15) is 19.0 Å². The molecule has 0 aliphatic rings. The van der Waals surface area contributed by atoms with Gasteiger partial charge in [0.25, 0.3) is 0 Å². The topological polar surface area (TPSA) is 99.1 Å². The molecule has 39 heavy (non-hydrogen) atoms. The Morgan fingerprint density at radius 2 is 1.18 bits per heavy atom. The molecule has 2 unspecified atom stereocenters. The van der Waals surface area contributed by atoms with Crippen LogP contribution >= 0.6 is 0 Å². The van der Waals surface area contributed by atoms with E-state index >= 15 is 0 Å². The minimum Gasteiger partial charge on any atom is -0.490 e. The summed E-state index contributed by atoms with van der Waals surface area (Å²) >= 11 is 0. The van der Waals surface area contributed by atoms with Gasteiger partial charge in [-0.25, -0.2) is 0 Å². The Bertz CT molecular complexity index is 731. The molecule has 1 aromatic carbocycles. The number of ether oxygens (including phenoxy) is 3. The van der Waals surface area contributed by atoms with Gasteiger partial charge in [0.05, 0.1) is 23.4 Å². The van der Waals surface area contributed by atoms with Gasteiger partial charge in [0, 0.05) is 0 Å². The van der Waals surface area contributed by atoms with Crippen LogP contribution in [-0.2, 0) is 23.9 Å². The van der Waals surface area contributed by atoms with Crippen molar-refractivity contribution in [2.45, 2.75) is 121 Å². The first kappa shape index (κ1) is 60.8. The van der Waals surface area contributed by atoms with E-state index in [2.05, 4.69) is 0 Å². The van der Waals surface area contributed by atoms with Crippen LogP contribution < -0.4 is 4.74 Å². The molecule has 240 valence electrons. The molecule has 1 aromatic rings. The summed E-state index contributed by atoms with van der Waals surface area (Å²) in [4.78, 5) is 37.0. The van der Waals surface area contributed by atoms with Crippen molar-refractivity contribution in [3.05, 3.63) is 30.3 Å². The largest absolute Gasteiger partial charge is 0.490 e. The summed E-state index contributed by atoms with van der Waals surface area (Å²) in [5.41, 5.74) is -3.31. The number of aliphatic carboxylic acids is 1. The summed E-state index contributed by atoms with van der Waals surface area (Å²) in [6.07, 6.45) is 0.561. The van der Waals surface area contributed by atoms with E-state index in [-0.39, 0.29) is 92.9 Å². The van der Waals surface area contributed by atoms with E-state index in [1.165, 1.54) is 7.11 Å². The lowest BCUT2D eigenvalue weighted by Crippen LogP contribution is -2.43. The maximum Gasteiger partial charge on any atom is 0.311 e. The van der Waals surface area contributed by atoms with Crippen LogP contribution in [0.5, 0.6) is 5.75 Å². The molecule has 7 heteroatoms. The third-order valence-electron chi connectivity index (χ3n) is 5.47. The molecule has 0 aromatic heterocycles. The molecule has 0 heterocycles. The molecule has 0 saturated carbocycles.